The minimum atomic E-state index is -0.0635. The second-order valence-corrected chi connectivity index (χ2v) is 10.3. The molecule has 5 rings (SSSR count). The first-order valence-corrected chi connectivity index (χ1v) is 13.2. The maximum atomic E-state index is 13.3. The first-order chi connectivity index (χ1) is 17.9. The lowest BCUT2D eigenvalue weighted by atomic mass is 10.0. The van der Waals surface area contributed by atoms with E-state index >= 15 is 0 Å². The van der Waals surface area contributed by atoms with E-state index in [1.54, 1.807) is 0 Å². The van der Waals surface area contributed by atoms with Gasteiger partial charge in [-0.15, -0.1) is 5.10 Å². The lowest BCUT2D eigenvalue weighted by Crippen LogP contribution is -2.33. The van der Waals surface area contributed by atoms with Crippen molar-refractivity contribution in [2.75, 3.05) is 6.61 Å². The lowest BCUT2D eigenvalue weighted by molar-refractivity contribution is 0.0888. The molecule has 4 aromatic rings. The van der Waals surface area contributed by atoms with Crippen molar-refractivity contribution in [2.45, 2.75) is 78.7 Å². The van der Waals surface area contributed by atoms with Gasteiger partial charge in [-0.25, -0.2) is 4.68 Å². The van der Waals surface area contributed by atoms with Crippen molar-refractivity contribution in [2.24, 2.45) is 0 Å². The molecule has 0 aliphatic carbocycles. The molecular formula is C29H36N6O2. The highest BCUT2D eigenvalue weighted by atomic mass is 16.5. The van der Waals surface area contributed by atoms with Gasteiger partial charge >= 0.3 is 0 Å². The van der Waals surface area contributed by atoms with Gasteiger partial charge in [0.1, 0.15) is 0 Å². The molecule has 2 aromatic carbocycles. The van der Waals surface area contributed by atoms with Crippen LogP contribution in [0.2, 0.25) is 0 Å². The number of hydrogen-bond acceptors (Lipinski definition) is 6. The number of aromatic amines is 1. The quantitative estimate of drug-likeness (QED) is 0.356. The van der Waals surface area contributed by atoms with E-state index in [4.69, 9.17) is 4.74 Å². The number of benzene rings is 2. The Morgan fingerprint density at radius 3 is 2.62 bits per heavy atom. The Bertz CT molecular complexity index is 1420. The first-order valence-electron chi connectivity index (χ1n) is 13.2. The summed E-state index contributed by atoms with van der Waals surface area (Å²) in [5, 5.41) is 13.9. The van der Waals surface area contributed by atoms with Crippen molar-refractivity contribution in [1.29, 1.82) is 0 Å². The van der Waals surface area contributed by atoms with E-state index in [0.29, 0.717) is 19.6 Å². The van der Waals surface area contributed by atoms with Crippen molar-refractivity contribution in [3.8, 4) is 0 Å². The molecule has 2 atom stereocenters. The standard InChI is InChI=1S/C29H36N6O2/c1-5-26(28-31-32-33-35(28)18-24-7-6-14-37-24)34(16-22-12-8-19(2)9-13-22)17-23-15-25-20(3)10-11-21(4)27(25)30-29(23)36/h8-13,15,24,26H,5-7,14,16-18H2,1-4H3,(H,30,36)/t24-,26-/m0/s1. The third-order valence-electron chi connectivity index (χ3n) is 7.49. The number of H-pyrrole nitrogens is 1. The van der Waals surface area contributed by atoms with Gasteiger partial charge in [0.25, 0.3) is 5.56 Å². The van der Waals surface area contributed by atoms with Gasteiger partial charge in [-0.3, -0.25) is 9.69 Å². The van der Waals surface area contributed by atoms with Crippen LogP contribution in [0.25, 0.3) is 10.9 Å². The van der Waals surface area contributed by atoms with E-state index in [9.17, 15) is 4.79 Å². The van der Waals surface area contributed by atoms with Crippen molar-refractivity contribution in [3.05, 3.63) is 86.5 Å². The van der Waals surface area contributed by atoms with Crippen LogP contribution in [0.4, 0.5) is 0 Å². The van der Waals surface area contributed by atoms with Crippen LogP contribution in [-0.4, -0.2) is 42.8 Å². The Morgan fingerprint density at radius 1 is 1.11 bits per heavy atom. The maximum absolute atomic E-state index is 13.3. The Kier molecular flexibility index (Phi) is 7.48. The smallest absolute Gasteiger partial charge is 0.252 e. The zero-order valence-electron chi connectivity index (χ0n) is 22.2. The Labute approximate surface area is 217 Å². The number of tetrazole rings is 1. The summed E-state index contributed by atoms with van der Waals surface area (Å²) < 4.78 is 7.75. The van der Waals surface area contributed by atoms with E-state index in [1.807, 2.05) is 11.6 Å². The lowest BCUT2D eigenvalue weighted by Gasteiger charge is -2.30. The molecule has 1 aliphatic rings. The highest BCUT2D eigenvalue weighted by molar-refractivity contribution is 5.85. The van der Waals surface area contributed by atoms with E-state index in [2.05, 4.69) is 88.6 Å². The fourth-order valence-electron chi connectivity index (χ4n) is 5.32. The summed E-state index contributed by atoms with van der Waals surface area (Å²) in [6, 6.07) is 14.7. The van der Waals surface area contributed by atoms with Gasteiger partial charge in [-0.1, -0.05) is 48.9 Å². The summed E-state index contributed by atoms with van der Waals surface area (Å²) in [5.74, 6) is 0.814. The fourth-order valence-corrected chi connectivity index (χ4v) is 5.32. The number of aromatic nitrogens is 5. The Morgan fingerprint density at radius 2 is 1.89 bits per heavy atom. The largest absolute Gasteiger partial charge is 0.376 e. The van der Waals surface area contributed by atoms with Crippen LogP contribution in [0, 0.1) is 20.8 Å². The van der Waals surface area contributed by atoms with Gasteiger partial charge in [0.2, 0.25) is 0 Å². The van der Waals surface area contributed by atoms with Gasteiger partial charge in [0.15, 0.2) is 5.82 Å². The maximum Gasteiger partial charge on any atom is 0.252 e. The number of ether oxygens (including phenoxy) is 1. The van der Waals surface area contributed by atoms with E-state index < -0.39 is 0 Å². The summed E-state index contributed by atoms with van der Waals surface area (Å²) in [6.45, 7) is 11.0. The normalized spacial score (nSPS) is 16.6. The number of aryl methyl sites for hydroxylation is 3. The molecule has 37 heavy (non-hydrogen) atoms. The Hall–Kier alpha value is -3.36. The van der Waals surface area contributed by atoms with Gasteiger partial charge in [0.05, 0.1) is 24.2 Å². The van der Waals surface area contributed by atoms with Crippen LogP contribution in [-0.2, 0) is 24.4 Å². The molecule has 1 aliphatic heterocycles. The average molecular weight is 501 g/mol. The van der Waals surface area contributed by atoms with Gasteiger partial charge < -0.3 is 9.72 Å². The third-order valence-corrected chi connectivity index (χ3v) is 7.49. The first kappa shape index (κ1) is 25.3. The minimum absolute atomic E-state index is 0.0519. The number of pyridine rings is 1. The van der Waals surface area contributed by atoms with E-state index in [-0.39, 0.29) is 17.7 Å². The van der Waals surface area contributed by atoms with Crippen molar-refractivity contribution in [3.63, 3.8) is 0 Å². The molecule has 3 heterocycles. The molecule has 2 aromatic heterocycles. The molecule has 8 heteroatoms. The van der Waals surface area contributed by atoms with Crippen molar-refractivity contribution in [1.82, 2.24) is 30.1 Å². The van der Waals surface area contributed by atoms with Crippen molar-refractivity contribution >= 4 is 10.9 Å². The number of hydrogen-bond donors (Lipinski definition) is 1. The second-order valence-electron chi connectivity index (χ2n) is 10.3. The summed E-state index contributed by atoms with van der Waals surface area (Å²) in [7, 11) is 0. The zero-order valence-corrected chi connectivity index (χ0v) is 22.2. The predicted octanol–water partition coefficient (Wildman–Crippen LogP) is 4.77. The molecular weight excluding hydrogens is 464 g/mol. The summed E-state index contributed by atoms with van der Waals surface area (Å²) >= 11 is 0. The molecule has 0 bridgehead atoms. The highest BCUT2D eigenvalue weighted by Gasteiger charge is 2.28. The summed E-state index contributed by atoms with van der Waals surface area (Å²) in [4.78, 5) is 18.8. The average Bonchev–Trinajstić information content (AvgIpc) is 3.57. The zero-order chi connectivity index (χ0) is 25.9. The molecule has 1 N–H and O–H groups in total. The fraction of sp³-hybridized carbons (Fsp3) is 0.448. The summed E-state index contributed by atoms with van der Waals surface area (Å²) in [5.41, 5.74) is 6.22. The van der Waals surface area contributed by atoms with Crippen molar-refractivity contribution < 1.29 is 4.74 Å². The minimum Gasteiger partial charge on any atom is -0.376 e. The van der Waals surface area contributed by atoms with Gasteiger partial charge in [-0.2, -0.15) is 0 Å². The second kappa shape index (κ2) is 10.9. The molecule has 194 valence electrons. The van der Waals surface area contributed by atoms with Crippen LogP contribution in [0.15, 0.2) is 47.3 Å². The number of nitrogens with zero attached hydrogens (tertiary/aromatic N) is 5. The van der Waals surface area contributed by atoms with Gasteiger partial charge in [0, 0.05) is 30.6 Å². The van der Waals surface area contributed by atoms with E-state index in [0.717, 1.165) is 59.3 Å². The highest BCUT2D eigenvalue weighted by Crippen LogP contribution is 2.28. The molecule has 8 nitrogen and oxygen atoms in total. The molecule has 0 spiro atoms. The molecule has 0 radical (unpaired) electrons. The predicted molar refractivity (Wildman–Crippen MR) is 144 cm³/mol. The van der Waals surface area contributed by atoms with Crippen LogP contribution < -0.4 is 5.56 Å². The number of fused-ring (bicyclic) bond motifs is 1. The Balaban J connectivity index is 1.52. The van der Waals surface area contributed by atoms with Crippen LogP contribution in [0.1, 0.15) is 65.9 Å². The van der Waals surface area contributed by atoms with E-state index in [1.165, 1.54) is 11.1 Å². The van der Waals surface area contributed by atoms with Crippen LogP contribution in [0.3, 0.4) is 0 Å². The molecule has 1 fully saturated rings. The third kappa shape index (κ3) is 5.50. The molecule has 0 unspecified atom stereocenters. The monoisotopic (exact) mass is 500 g/mol. The summed E-state index contributed by atoms with van der Waals surface area (Å²) in [6.07, 6.45) is 3.04. The number of rotatable bonds is 9. The molecule has 0 saturated carbocycles. The topological polar surface area (TPSA) is 88.9 Å². The number of nitrogens with one attached hydrogen (secondary N) is 1. The van der Waals surface area contributed by atoms with Gasteiger partial charge in [-0.05, 0) is 73.2 Å². The SMILES string of the molecule is CC[C@@H](c1nnnn1C[C@@H]1CCCO1)N(Cc1ccc(C)cc1)Cc1cc2c(C)ccc(C)c2[nH]c1=O. The molecule has 0 amide bonds. The van der Waals surface area contributed by atoms with Crippen LogP contribution in [0.5, 0.6) is 0 Å². The van der Waals surface area contributed by atoms with Crippen LogP contribution >= 0.6 is 0 Å². The molecule has 1 saturated heterocycles.